The molecule has 3 heteroatoms. The maximum absolute atomic E-state index is 9.01. The van der Waals surface area contributed by atoms with Crippen LogP contribution in [-0.4, -0.2) is 11.0 Å². The highest BCUT2D eigenvalue weighted by atomic mass is 15.0. The van der Waals surface area contributed by atoms with Gasteiger partial charge in [-0.1, -0.05) is 33.1 Å². The summed E-state index contributed by atoms with van der Waals surface area (Å²) in [6.07, 6.45) is 7.57. The molecule has 0 aliphatic rings. The van der Waals surface area contributed by atoms with E-state index in [4.69, 9.17) is 5.26 Å². The zero-order valence-electron chi connectivity index (χ0n) is 10.7. The van der Waals surface area contributed by atoms with Gasteiger partial charge in [0.1, 0.15) is 11.9 Å². The summed E-state index contributed by atoms with van der Waals surface area (Å²) in [6, 6.07) is 6.21. The van der Waals surface area contributed by atoms with E-state index in [0.29, 0.717) is 11.6 Å². The van der Waals surface area contributed by atoms with Gasteiger partial charge in [-0.15, -0.1) is 0 Å². The Morgan fingerprint density at radius 1 is 1.35 bits per heavy atom. The molecule has 1 aromatic rings. The van der Waals surface area contributed by atoms with E-state index in [1.54, 1.807) is 18.3 Å². The average molecular weight is 231 g/mol. The Bertz CT molecular complexity index is 368. The quantitative estimate of drug-likeness (QED) is 0.778. The number of rotatable bonds is 7. The van der Waals surface area contributed by atoms with Crippen molar-refractivity contribution in [2.45, 2.75) is 52.0 Å². The highest BCUT2D eigenvalue weighted by Crippen LogP contribution is 2.16. The maximum atomic E-state index is 9.01. The van der Waals surface area contributed by atoms with Gasteiger partial charge in [0.05, 0.1) is 5.56 Å². The molecule has 1 aromatic heterocycles. The maximum Gasteiger partial charge on any atom is 0.144 e. The number of aromatic nitrogens is 1. The number of pyridine rings is 1. The van der Waals surface area contributed by atoms with Gasteiger partial charge in [-0.05, 0) is 25.0 Å². The van der Waals surface area contributed by atoms with E-state index in [9.17, 15) is 0 Å². The third-order valence-corrected chi connectivity index (χ3v) is 2.81. The molecule has 17 heavy (non-hydrogen) atoms. The van der Waals surface area contributed by atoms with Crippen LogP contribution in [0.1, 0.15) is 51.5 Å². The van der Waals surface area contributed by atoms with Crippen LogP contribution in [0.4, 0.5) is 5.82 Å². The van der Waals surface area contributed by atoms with Crippen LogP contribution in [0.5, 0.6) is 0 Å². The first-order chi connectivity index (χ1) is 8.31. The Hall–Kier alpha value is -1.56. The molecule has 0 aromatic carbocycles. The molecule has 0 spiro atoms. The van der Waals surface area contributed by atoms with Crippen molar-refractivity contribution in [2.24, 2.45) is 0 Å². The molecule has 1 atom stereocenters. The number of nitriles is 1. The Kier molecular flexibility index (Phi) is 6.09. The number of anilines is 1. The van der Waals surface area contributed by atoms with Crippen molar-refractivity contribution < 1.29 is 0 Å². The van der Waals surface area contributed by atoms with E-state index in [-0.39, 0.29) is 0 Å². The SMILES string of the molecule is CCCCC(CCC)Nc1ncccc1C#N. The molecule has 0 amide bonds. The van der Waals surface area contributed by atoms with E-state index < -0.39 is 0 Å². The number of nitrogens with one attached hydrogen (secondary N) is 1. The summed E-state index contributed by atoms with van der Waals surface area (Å²) in [5, 5.41) is 12.4. The van der Waals surface area contributed by atoms with Gasteiger partial charge in [0.15, 0.2) is 0 Å². The van der Waals surface area contributed by atoms with E-state index in [0.717, 1.165) is 25.1 Å². The molecule has 0 saturated heterocycles. The molecule has 1 heterocycles. The lowest BCUT2D eigenvalue weighted by Crippen LogP contribution is -2.20. The van der Waals surface area contributed by atoms with Crippen LogP contribution in [0.2, 0.25) is 0 Å². The van der Waals surface area contributed by atoms with Crippen LogP contribution in [-0.2, 0) is 0 Å². The van der Waals surface area contributed by atoms with Gasteiger partial charge in [-0.3, -0.25) is 0 Å². The molecule has 92 valence electrons. The van der Waals surface area contributed by atoms with Crippen LogP contribution in [0.15, 0.2) is 18.3 Å². The van der Waals surface area contributed by atoms with E-state index in [2.05, 4.69) is 30.2 Å². The van der Waals surface area contributed by atoms with Gasteiger partial charge >= 0.3 is 0 Å². The molecule has 1 rings (SSSR count). The third kappa shape index (κ3) is 4.44. The summed E-state index contributed by atoms with van der Waals surface area (Å²) >= 11 is 0. The molecule has 0 aliphatic heterocycles. The summed E-state index contributed by atoms with van der Waals surface area (Å²) < 4.78 is 0. The van der Waals surface area contributed by atoms with E-state index >= 15 is 0 Å². The molecule has 0 saturated carbocycles. The fourth-order valence-electron chi connectivity index (χ4n) is 1.89. The van der Waals surface area contributed by atoms with Crippen LogP contribution in [0.3, 0.4) is 0 Å². The molecule has 1 unspecified atom stereocenters. The Labute approximate surface area is 104 Å². The predicted octanol–water partition coefficient (Wildman–Crippen LogP) is 3.72. The first-order valence-corrected chi connectivity index (χ1v) is 6.43. The molecule has 3 nitrogen and oxygen atoms in total. The molecule has 0 aliphatic carbocycles. The van der Waals surface area contributed by atoms with Gasteiger partial charge in [0, 0.05) is 12.2 Å². The smallest absolute Gasteiger partial charge is 0.144 e. The molecule has 0 radical (unpaired) electrons. The van der Waals surface area contributed by atoms with Crippen LogP contribution in [0, 0.1) is 11.3 Å². The lowest BCUT2D eigenvalue weighted by Gasteiger charge is -2.18. The van der Waals surface area contributed by atoms with E-state index in [1.807, 2.05) is 0 Å². The van der Waals surface area contributed by atoms with Crippen molar-refractivity contribution in [3.63, 3.8) is 0 Å². The van der Waals surface area contributed by atoms with Gasteiger partial charge in [0.2, 0.25) is 0 Å². The second-order valence-electron chi connectivity index (χ2n) is 4.28. The molecular weight excluding hydrogens is 210 g/mol. The lowest BCUT2D eigenvalue weighted by atomic mass is 10.0. The number of hydrogen-bond donors (Lipinski definition) is 1. The minimum Gasteiger partial charge on any atom is -0.366 e. The third-order valence-electron chi connectivity index (χ3n) is 2.81. The zero-order chi connectivity index (χ0) is 12.5. The van der Waals surface area contributed by atoms with Gasteiger partial charge < -0.3 is 5.32 Å². The molecular formula is C14H21N3. The average Bonchev–Trinajstić information content (AvgIpc) is 2.37. The van der Waals surface area contributed by atoms with Crippen LogP contribution >= 0.6 is 0 Å². The standard InChI is InChI=1S/C14H21N3/c1-3-5-9-13(7-4-2)17-14-12(11-15)8-6-10-16-14/h6,8,10,13H,3-5,7,9H2,1-2H3,(H,16,17). The summed E-state index contributed by atoms with van der Waals surface area (Å²) in [7, 11) is 0. The van der Waals surface area contributed by atoms with Crippen molar-refractivity contribution >= 4 is 5.82 Å². The Morgan fingerprint density at radius 2 is 2.18 bits per heavy atom. The fraction of sp³-hybridized carbons (Fsp3) is 0.571. The minimum absolute atomic E-state index is 0.432. The molecule has 0 fully saturated rings. The summed E-state index contributed by atoms with van der Waals surface area (Å²) in [5.74, 6) is 0.726. The Morgan fingerprint density at radius 3 is 2.82 bits per heavy atom. The second-order valence-corrected chi connectivity index (χ2v) is 4.28. The monoisotopic (exact) mass is 231 g/mol. The van der Waals surface area contributed by atoms with E-state index in [1.165, 1.54) is 12.8 Å². The van der Waals surface area contributed by atoms with Crippen LogP contribution < -0.4 is 5.32 Å². The summed E-state index contributed by atoms with van der Waals surface area (Å²) in [5.41, 5.74) is 0.630. The fourth-order valence-corrected chi connectivity index (χ4v) is 1.89. The minimum atomic E-state index is 0.432. The molecule has 0 bridgehead atoms. The first-order valence-electron chi connectivity index (χ1n) is 6.43. The molecule has 1 N–H and O–H groups in total. The van der Waals surface area contributed by atoms with Gasteiger partial charge in [0.25, 0.3) is 0 Å². The summed E-state index contributed by atoms with van der Waals surface area (Å²) in [6.45, 7) is 4.38. The number of hydrogen-bond acceptors (Lipinski definition) is 3. The number of nitrogens with zero attached hydrogens (tertiary/aromatic N) is 2. The summed E-state index contributed by atoms with van der Waals surface area (Å²) in [4.78, 5) is 4.25. The van der Waals surface area contributed by atoms with Gasteiger partial charge in [-0.25, -0.2) is 4.98 Å². The van der Waals surface area contributed by atoms with Crippen molar-refractivity contribution in [3.8, 4) is 6.07 Å². The largest absolute Gasteiger partial charge is 0.366 e. The first kappa shape index (κ1) is 13.5. The zero-order valence-corrected chi connectivity index (χ0v) is 10.7. The Balaban J connectivity index is 2.68. The van der Waals surface area contributed by atoms with Gasteiger partial charge in [-0.2, -0.15) is 5.26 Å². The van der Waals surface area contributed by atoms with Crippen molar-refractivity contribution in [1.82, 2.24) is 4.98 Å². The van der Waals surface area contributed by atoms with Crippen molar-refractivity contribution in [2.75, 3.05) is 5.32 Å². The lowest BCUT2D eigenvalue weighted by molar-refractivity contribution is 0.563. The number of unbranched alkanes of at least 4 members (excludes halogenated alkanes) is 1. The predicted molar refractivity (Wildman–Crippen MR) is 70.8 cm³/mol. The second kappa shape index (κ2) is 7.67. The highest BCUT2D eigenvalue weighted by Gasteiger charge is 2.10. The van der Waals surface area contributed by atoms with Crippen LogP contribution in [0.25, 0.3) is 0 Å². The normalized spacial score (nSPS) is 11.8. The highest BCUT2D eigenvalue weighted by molar-refractivity contribution is 5.51. The van der Waals surface area contributed by atoms with Crippen molar-refractivity contribution in [3.05, 3.63) is 23.9 Å². The van der Waals surface area contributed by atoms with Crippen molar-refractivity contribution in [1.29, 1.82) is 5.26 Å². The topological polar surface area (TPSA) is 48.7 Å².